The summed E-state index contributed by atoms with van der Waals surface area (Å²) in [6.45, 7) is 5.81. The molecule has 0 fully saturated rings. The predicted octanol–water partition coefficient (Wildman–Crippen LogP) is 2.06. The molecule has 3 N–H and O–H groups in total. The van der Waals surface area contributed by atoms with Crippen LogP contribution in [0.1, 0.15) is 31.9 Å². The molecule has 108 valence electrons. The summed E-state index contributed by atoms with van der Waals surface area (Å²) in [5.74, 6) is 2.57. The molecule has 0 aliphatic rings. The van der Waals surface area contributed by atoms with E-state index >= 15 is 0 Å². The number of hydrogen-bond acceptors (Lipinski definition) is 3. The van der Waals surface area contributed by atoms with Gasteiger partial charge >= 0.3 is 6.09 Å². The molecule has 1 rings (SSSR count). The number of carbonyl (C=O) groups excluding carboxylic acids is 1. The molecule has 0 aromatic heterocycles. The van der Waals surface area contributed by atoms with E-state index < -0.39 is 11.7 Å². The van der Waals surface area contributed by atoms with Crippen molar-refractivity contribution in [1.82, 2.24) is 5.32 Å². The van der Waals surface area contributed by atoms with Gasteiger partial charge < -0.3 is 15.8 Å². The van der Waals surface area contributed by atoms with E-state index in [1.54, 1.807) is 0 Å². The minimum atomic E-state index is -0.516. The van der Waals surface area contributed by atoms with Gasteiger partial charge in [-0.05, 0) is 44.9 Å². The molecular weight excluding hydrogens is 252 g/mol. The summed E-state index contributed by atoms with van der Waals surface area (Å²) < 4.78 is 5.21. The molecule has 0 saturated heterocycles. The first-order valence-corrected chi connectivity index (χ1v) is 6.59. The molecule has 1 aromatic rings. The van der Waals surface area contributed by atoms with Crippen molar-refractivity contribution in [2.75, 3.05) is 6.54 Å². The van der Waals surface area contributed by atoms with Crippen LogP contribution < -0.4 is 11.1 Å². The zero-order valence-corrected chi connectivity index (χ0v) is 12.3. The van der Waals surface area contributed by atoms with Crippen molar-refractivity contribution >= 4 is 6.09 Å². The molecule has 0 heterocycles. The summed E-state index contributed by atoms with van der Waals surface area (Å²) in [5.41, 5.74) is 7.07. The Kier molecular flexibility index (Phi) is 5.60. The quantitative estimate of drug-likeness (QED) is 0.826. The lowest BCUT2D eigenvalue weighted by molar-refractivity contribution is 0.0506. The Bertz CT molecular complexity index is 481. The van der Waals surface area contributed by atoms with Gasteiger partial charge in [0.25, 0.3) is 0 Å². The number of benzene rings is 1. The van der Waals surface area contributed by atoms with Crippen LogP contribution in [0.25, 0.3) is 0 Å². The zero-order valence-electron chi connectivity index (χ0n) is 12.3. The molecule has 1 aromatic carbocycles. The van der Waals surface area contributed by atoms with E-state index in [0.717, 1.165) is 11.1 Å². The zero-order chi connectivity index (χ0) is 15.2. The van der Waals surface area contributed by atoms with Gasteiger partial charge in [-0.25, -0.2) is 4.79 Å². The van der Waals surface area contributed by atoms with E-state index in [9.17, 15) is 4.79 Å². The van der Waals surface area contributed by atoms with Gasteiger partial charge in [-0.2, -0.15) is 0 Å². The van der Waals surface area contributed by atoms with Gasteiger partial charge in [0.05, 0.1) is 0 Å². The second-order valence-corrected chi connectivity index (χ2v) is 5.62. The number of amides is 1. The van der Waals surface area contributed by atoms with Crippen LogP contribution in [-0.4, -0.2) is 24.3 Å². The first-order valence-electron chi connectivity index (χ1n) is 6.59. The van der Waals surface area contributed by atoms with Crippen molar-refractivity contribution in [2.24, 2.45) is 5.73 Å². The monoisotopic (exact) mass is 274 g/mol. The Labute approximate surface area is 120 Å². The summed E-state index contributed by atoms with van der Waals surface area (Å²) in [4.78, 5) is 11.7. The van der Waals surface area contributed by atoms with Crippen LogP contribution in [-0.2, 0) is 11.2 Å². The van der Waals surface area contributed by atoms with Crippen LogP contribution in [0.2, 0.25) is 0 Å². The fourth-order valence-electron chi connectivity index (χ4n) is 1.69. The van der Waals surface area contributed by atoms with E-state index in [-0.39, 0.29) is 6.04 Å². The maximum Gasteiger partial charge on any atom is 0.407 e. The van der Waals surface area contributed by atoms with Crippen LogP contribution in [0.15, 0.2) is 24.3 Å². The fraction of sp³-hybridized carbons (Fsp3) is 0.438. The molecule has 0 aliphatic heterocycles. The lowest BCUT2D eigenvalue weighted by atomic mass is 10.0. The number of terminal acetylenes is 1. The van der Waals surface area contributed by atoms with Gasteiger partial charge in [-0.1, -0.05) is 18.1 Å². The molecule has 0 radical (unpaired) electrons. The highest BCUT2D eigenvalue weighted by Crippen LogP contribution is 2.09. The summed E-state index contributed by atoms with van der Waals surface area (Å²) in [6, 6.07) is 7.46. The number of alkyl carbamates (subject to hydrolysis) is 1. The first kappa shape index (κ1) is 16.1. The number of ether oxygens (including phenoxy) is 1. The number of hydrogen-bond donors (Lipinski definition) is 2. The molecule has 0 spiro atoms. The number of nitrogens with one attached hydrogen (secondary N) is 1. The minimum Gasteiger partial charge on any atom is -0.444 e. The Morgan fingerprint density at radius 3 is 2.45 bits per heavy atom. The maximum atomic E-state index is 11.7. The molecular formula is C16H22N2O2. The van der Waals surface area contributed by atoms with Gasteiger partial charge in [-0.15, -0.1) is 6.42 Å². The van der Waals surface area contributed by atoms with E-state index in [4.69, 9.17) is 16.9 Å². The van der Waals surface area contributed by atoms with E-state index in [0.29, 0.717) is 13.0 Å². The molecule has 4 nitrogen and oxygen atoms in total. The molecule has 0 bridgehead atoms. The Balaban J connectivity index is 2.58. The average molecular weight is 274 g/mol. The third-order valence-electron chi connectivity index (χ3n) is 2.61. The topological polar surface area (TPSA) is 64.3 Å². The SMILES string of the molecule is C#Cc1ccc(CC(CN)NC(=O)OC(C)(C)C)cc1. The van der Waals surface area contributed by atoms with Crippen LogP contribution in [0.5, 0.6) is 0 Å². The Hall–Kier alpha value is -1.99. The highest BCUT2D eigenvalue weighted by molar-refractivity contribution is 5.68. The Morgan fingerprint density at radius 1 is 1.40 bits per heavy atom. The van der Waals surface area contributed by atoms with Crippen molar-refractivity contribution in [3.05, 3.63) is 35.4 Å². The summed E-state index contributed by atoms with van der Waals surface area (Å²) in [5, 5.41) is 2.77. The minimum absolute atomic E-state index is 0.165. The second-order valence-electron chi connectivity index (χ2n) is 5.62. The van der Waals surface area contributed by atoms with Crippen LogP contribution in [0, 0.1) is 12.3 Å². The molecule has 0 saturated carbocycles. The predicted molar refractivity (Wildman–Crippen MR) is 80.3 cm³/mol. The van der Waals surface area contributed by atoms with Crippen LogP contribution >= 0.6 is 0 Å². The number of carbonyl (C=O) groups is 1. The Morgan fingerprint density at radius 2 is 2.00 bits per heavy atom. The van der Waals surface area contributed by atoms with Gasteiger partial charge in [-0.3, -0.25) is 0 Å². The highest BCUT2D eigenvalue weighted by Gasteiger charge is 2.19. The van der Waals surface area contributed by atoms with Crippen molar-refractivity contribution in [3.63, 3.8) is 0 Å². The van der Waals surface area contributed by atoms with E-state index in [1.165, 1.54) is 0 Å². The van der Waals surface area contributed by atoms with Gasteiger partial charge in [0, 0.05) is 18.2 Å². The van der Waals surface area contributed by atoms with Crippen molar-refractivity contribution in [1.29, 1.82) is 0 Å². The normalized spacial score (nSPS) is 12.3. The van der Waals surface area contributed by atoms with Crippen molar-refractivity contribution in [3.8, 4) is 12.3 Å². The van der Waals surface area contributed by atoms with E-state index in [1.807, 2.05) is 45.0 Å². The van der Waals surface area contributed by atoms with Gasteiger partial charge in [0.2, 0.25) is 0 Å². The molecule has 20 heavy (non-hydrogen) atoms. The fourth-order valence-corrected chi connectivity index (χ4v) is 1.69. The summed E-state index contributed by atoms with van der Waals surface area (Å²) >= 11 is 0. The summed E-state index contributed by atoms with van der Waals surface area (Å²) in [7, 11) is 0. The second kappa shape index (κ2) is 6.97. The standard InChI is InChI=1S/C16H22N2O2/c1-5-12-6-8-13(9-7-12)10-14(11-17)18-15(19)20-16(2,3)4/h1,6-9,14H,10-11,17H2,2-4H3,(H,18,19). The molecule has 0 aliphatic carbocycles. The third-order valence-corrected chi connectivity index (χ3v) is 2.61. The van der Waals surface area contributed by atoms with Crippen LogP contribution in [0.4, 0.5) is 4.79 Å². The van der Waals surface area contributed by atoms with Gasteiger partial charge in [0.15, 0.2) is 0 Å². The molecule has 1 amide bonds. The third kappa shape index (κ3) is 5.77. The van der Waals surface area contributed by atoms with Crippen molar-refractivity contribution < 1.29 is 9.53 Å². The number of rotatable bonds is 4. The largest absolute Gasteiger partial charge is 0.444 e. The lowest BCUT2D eigenvalue weighted by Gasteiger charge is -2.23. The number of nitrogens with two attached hydrogens (primary N) is 1. The van der Waals surface area contributed by atoms with Crippen molar-refractivity contribution in [2.45, 2.75) is 38.8 Å². The lowest BCUT2D eigenvalue weighted by Crippen LogP contribution is -2.44. The molecule has 1 unspecified atom stereocenters. The highest BCUT2D eigenvalue weighted by atomic mass is 16.6. The van der Waals surface area contributed by atoms with Crippen LogP contribution in [0.3, 0.4) is 0 Å². The molecule has 1 atom stereocenters. The summed E-state index contributed by atoms with van der Waals surface area (Å²) in [6.07, 6.45) is 5.50. The average Bonchev–Trinajstić information content (AvgIpc) is 2.36. The molecule has 4 heteroatoms. The van der Waals surface area contributed by atoms with Gasteiger partial charge in [0.1, 0.15) is 5.60 Å². The maximum absolute atomic E-state index is 11.7. The first-order chi connectivity index (χ1) is 9.34. The van der Waals surface area contributed by atoms with E-state index in [2.05, 4.69) is 11.2 Å². The smallest absolute Gasteiger partial charge is 0.407 e.